The Kier molecular flexibility index (Phi) is 3.77. The first-order chi connectivity index (χ1) is 9.71. The largest absolute Gasteiger partial charge is 0.478 e. The third kappa shape index (κ3) is 2.91. The van der Waals surface area contributed by atoms with Gasteiger partial charge in [0.15, 0.2) is 0 Å². The molecule has 0 amide bonds. The summed E-state index contributed by atoms with van der Waals surface area (Å²) in [6, 6.07) is 7.88. The third-order valence-electron chi connectivity index (χ3n) is 3.32. The lowest BCUT2D eigenvalue weighted by molar-refractivity contribution is 0.0694. The summed E-state index contributed by atoms with van der Waals surface area (Å²) in [7, 11) is 3.96. The lowest BCUT2D eigenvalue weighted by atomic mass is 9.89. The van der Waals surface area contributed by atoms with Crippen LogP contribution in [0.3, 0.4) is 0 Å². The van der Waals surface area contributed by atoms with Crippen molar-refractivity contribution in [2.45, 2.75) is 26.2 Å². The predicted molar refractivity (Wildman–Crippen MR) is 83.6 cm³/mol. The van der Waals surface area contributed by atoms with Crippen molar-refractivity contribution in [1.29, 1.82) is 0 Å². The molecular formula is C16H21N3O2. The number of aromatic carboxylic acids is 1. The first kappa shape index (κ1) is 15.1. The first-order valence-corrected chi connectivity index (χ1v) is 6.81. The zero-order valence-electron chi connectivity index (χ0n) is 13.1. The van der Waals surface area contributed by atoms with Crippen molar-refractivity contribution >= 4 is 11.7 Å². The summed E-state index contributed by atoms with van der Waals surface area (Å²) in [4.78, 5) is 13.4. The van der Waals surface area contributed by atoms with Crippen LogP contribution in [0, 0.1) is 0 Å². The van der Waals surface area contributed by atoms with Crippen LogP contribution in [0.2, 0.25) is 0 Å². The summed E-state index contributed by atoms with van der Waals surface area (Å²) >= 11 is 0. The molecule has 0 fully saturated rings. The molecular weight excluding hydrogens is 266 g/mol. The van der Waals surface area contributed by atoms with Crippen molar-refractivity contribution in [3.8, 4) is 5.69 Å². The van der Waals surface area contributed by atoms with E-state index < -0.39 is 5.97 Å². The van der Waals surface area contributed by atoms with Gasteiger partial charge in [-0.1, -0.05) is 20.8 Å². The molecule has 0 spiro atoms. The Hall–Kier alpha value is -2.30. The standard InChI is InChI=1S/C16H21N3O2/c1-16(2,3)14-13(15(20)21)10-17-19(14)12-8-6-11(7-9-12)18(4)5/h6-10H,1-5H3,(H,20,21). The van der Waals surface area contributed by atoms with E-state index >= 15 is 0 Å². The van der Waals surface area contributed by atoms with Crippen LogP contribution in [-0.4, -0.2) is 35.0 Å². The summed E-state index contributed by atoms with van der Waals surface area (Å²) in [6.45, 7) is 5.96. The van der Waals surface area contributed by atoms with Gasteiger partial charge in [0.05, 0.1) is 17.6 Å². The summed E-state index contributed by atoms with van der Waals surface area (Å²) < 4.78 is 1.71. The van der Waals surface area contributed by atoms with Crippen molar-refractivity contribution in [2.24, 2.45) is 0 Å². The fourth-order valence-corrected chi connectivity index (χ4v) is 2.31. The molecule has 0 bridgehead atoms. The van der Waals surface area contributed by atoms with E-state index in [4.69, 9.17) is 0 Å². The highest BCUT2D eigenvalue weighted by atomic mass is 16.4. The maximum Gasteiger partial charge on any atom is 0.339 e. The van der Waals surface area contributed by atoms with Crippen LogP contribution in [0.4, 0.5) is 5.69 Å². The number of hydrogen-bond acceptors (Lipinski definition) is 3. The summed E-state index contributed by atoms with van der Waals surface area (Å²) in [5.74, 6) is -0.948. The first-order valence-electron chi connectivity index (χ1n) is 6.81. The number of hydrogen-bond donors (Lipinski definition) is 1. The second kappa shape index (κ2) is 5.24. The van der Waals surface area contributed by atoms with Gasteiger partial charge in [-0.05, 0) is 24.3 Å². The molecule has 0 atom stereocenters. The molecule has 2 rings (SSSR count). The van der Waals surface area contributed by atoms with Crippen LogP contribution >= 0.6 is 0 Å². The summed E-state index contributed by atoms with van der Waals surface area (Å²) in [5, 5.41) is 13.6. The second-order valence-corrected chi connectivity index (χ2v) is 6.28. The molecule has 0 saturated heterocycles. The van der Waals surface area contributed by atoms with Crippen LogP contribution < -0.4 is 4.90 Å². The number of aromatic nitrogens is 2. The Morgan fingerprint density at radius 1 is 1.19 bits per heavy atom. The smallest absolute Gasteiger partial charge is 0.339 e. The lowest BCUT2D eigenvalue weighted by Gasteiger charge is -2.22. The molecule has 5 nitrogen and oxygen atoms in total. The van der Waals surface area contributed by atoms with E-state index in [1.807, 2.05) is 64.0 Å². The number of carboxylic acid groups (broad SMARTS) is 1. The zero-order valence-corrected chi connectivity index (χ0v) is 13.1. The molecule has 0 unspecified atom stereocenters. The summed E-state index contributed by atoms with van der Waals surface area (Å²) in [6.07, 6.45) is 1.42. The van der Waals surface area contributed by atoms with Gasteiger partial charge in [-0.2, -0.15) is 5.10 Å². The highest BCUT2D eigenvalue weighted by molar-refractivity contribution is 5.89. The van der Waals surface area contributed by atoms with Gasteiger partial charge in [0, 0.05) is 25.2 Å². The normalized spacial score (nSPS) is 11.5. The second-order valence-electron chi connectivity index (χ2n) is 6.28. The van der Waals surface area contributed by atoms with E-state index in [-0.39, 0.29) is 11.0 Å². The molecule has 0 saturated carbocycles. The maximum absolute atomic E-state index is 11.4. The SMILES string of the molecule is CN(C)c1ccc(-n2ncc(C(=O)O)c2C(C)(C)C)cc1. The molecule has 112 valence electrons. The highest BCUT2D eigenvalue weighted by Crippen LogP contribution is 2.28. The molecule has 1 N–H and O–H groups in total. The number of carboxylic acids is 1. The quantitative estimate of drug-likeness (QED) is 0.943. The Morgan fingerprint density at radius 3 is 2.19 bits per heavy atom. The highest BCUT2D eigenvalue weighted by Gasteiger charge is 2.27. The van der Waals surface area contributed by atoms with Crippen molar-refractivity contribution in [2.75, 3.05) is 19.0 Å². The number of benzene rings is 1. The van der Waals surface area contributed by atoms with Crippen LogP contribution in [0.15, 0.2) is 30.5 Å². The van der Waals surface area contributed by atoms with E-state index in [2.05, 4.69) is 5.10 Å². The minimum absolute atomic E-state index is 0.249. The maximum atomic E-state index is 11.4. The monoisotopic (exact) mass is 287 g/mol. The summed E-state index contributed by atoms with van der Waals surface area (Å²) in [5.41, 5.74) is 2.58. The lowest BCUT2D eigenvalue weighted by Crippen LogP contribution is -2.21. The molecule has 0 radical (unpaired) electrons. The van der Waals surface area contributed by atoms with Gasteiger partial charge < -0.3 is 10.0 Å². The molecule has 1 heterocycles. The van der Waals surface area contributed by atoms with E-state index in [1.54, 1.807) is 4.68 Å². The van der Waals surface area contributed by atoms with Crippen LogP contribution in [0.5, 0.6) is 0 Å². The van der Waals surface area contributed by atoms with E-state index in [0.717, 1.165) is 11.4 Å². The number of carbonyl (C=O) groups is 1. The van der Waals surface area contributed by atoms with Crippen molar-refractivity contribution < 1.29 is 9.90 Å². The van der Waals surface area contributed by atoms with Crippen molar-refractivity contribution in [1.82, 2.24) is 9.78 Å². The average Bonchev–Trinajstić information content (AvgIpc) is 2.83. The van der Waals surface area contributed by atoms with Crippen molar-refractivity contribution in [3.05, 3.63) is 41.7 Å². The molecule has 1 aromatic carbocycles. The van der Waals surface area contributed by atoms with E-state index in [0.29, 0.717) is 5.69 Å². The van der Waals surface area contributed by atoms with Crippen LogP contribution in [-0.2, 0) is 5.41 Å². The van der Waals surface area contributed by atoms with Gasteiger partial charge >= 0.3 is 5.97 Å². The van der Waals surface area contributed by atoms with E-state index in [1.165, 1.54) is 6.20 Å². The minimum Gasteiger partial charge on any atom is -0.478 e. The Bertz CT molecular complexity index is 649. The number of anilines is 1. The molecule has 0 aliphatic rings. The number of rotatable bonds is 3. The molecule has 0 aliphatic heterocycles. The number of nitrogens with zero attached hydrogens (tertiary/aromatic N) is 3. The molecule has 21 heavy (non-hydrogen) atoms. The third-order valence-corrected chi connectivity index (χ3v) is 3.32. The Morgan fingerprint density at radius 2 is 1.76 bits per heavy atom. The molecule has 0 aliphatic carbocycles. The van der Waals surface area contributed by atoms with Gasteiger partial charge in [0.1, 0.15) is 5.56 Å². The topological polar surface area (TPSA) is 58.4 Å². The minimum atomic E-state index is -0.948. The Labute approximate surface area is 124 Å². The van der Waals surface area contributed by atoms with Gasteiger partial charge in [-0.15, -0.1) is 0 Å². The molecule has 1 aromatic heterocycles. The van der Waals surface area contributed by atoms with Crippen LogP contribution in [0.25, 0.3) is 5.69 Å². The van der Waals surface area contributed by atoms with Gasteiger partial charge in [-0.25, -0.2) is 9.48 Å². The average molecular weight is 287 g/mol. The van der Waals surface area contributed by atoms with Gasteiger partial charge in [0.25, 0.3) is 0 Å². The van der Waals surface area contributed by atoms with E-state index in [9.17, 15) is 9.90 Å². The molecule has 2 aromatic rings. The van der Waals surface area contributed by atoms with Gasteiger partial charge in [0.2, 0.25) is 0 Å². The van der Waals surface area contributed by atoms with Crippen LogP contribution in [0.1, 0.15) is 36.8 Å². The molecule has 5 heteroatoms. The van der Waals surface area contributed by atoms with Crippen molar-refractivity contribution in [3.63, 3.8) is 0 Å². The fraction of sp³-hybridized carbons (Fsp3) is 0.375. The fourth-order valence-electron chi connectivity index (χ4n) is 2.31. The van der Waals surface area contributed by atoms with Gasteiger partial charge in [-0.3, -0.25) is 0 Å². The Balaban J connectivity index is 2.56. The zero-order chi connectivity index (χ0) is 15.8. The predicted octanol–water partition coefficient (Wildman–Crippen LogP) is 2.93.